The van der Waals surface area contributed by atoms with Gasteiger partial charge in [0.1, 0.15) is 11.9 Å². The lowest BCUT2D eigenvalue weighted by atomic mass is 10.4. The summed E-state index contributed by atoms with van der Waals surface area (Å²) < 4.78 is 62.3. The average molecular weight is 364 g/mol. The van der Waals surface area contributed by atoms with Crippen molar-refractivity contribution in [3.05, 3.63) is 16.9 Å². The predicted octanol–water partition coefficient (Wildman–Crippen LogP) is 0.938. The van der Waals surface area contributed by atoms with Crippen LogP contribution in [0.5, 0.6) is 0 Å². The van der Waals surface area contributed by atoms with Gasteiger partial charge < -0.3 is 0 Å². The van der Waals surface area contributed by atoms with E-state index in [2.05, 4.69) is 15.1 Å². The second kappa shape index (κ2) is 5.25. The van der Waals surface area contributed by atoms with Crippen LogP contribution in [-0.4, -0.2) is 44.5 Å². The summed E-state index contributed by atoms with van der Waals surface area (Å²) in [6, 6.07) is 1.85. The van der Waals surface area contributed by atoms with E-state index >= 15 is 0 Å². The Bertz CT molecular complexity index is 895. The highest BCUT2D eigenvalue weighted by molar-refractivity contribution is 7.89. The quantitative estimate of drug-likeness (QED) is 0.785. The largest absolute Gasteiger partial charge is 0.511 e. The van der Waals surface area contributed by atoms with Gasteiger partial charge in [-0.1, -0.05) is 0 Å². The zero-order valence-electron chi connectivity index (χ0n) is 11.1. The molecule has 0 fully saturated rings. The lowest BCUT2D eigenvalue weighted by molar-refractivity contribution is -0.0496. The van der Waals surface area contributed by atoms with Gasteiger partial charge >= 0.3 is 15.5 Å². The highest BCUT2D eigenvalue weighted by Gasteiger charge is 2.50. The zero-order valence-corrected chi connectivity index (χ0v) is 12.8. The van der Waals surface area contributed by atoms with Crippen molar-refractivity contribution in [2.45, 2.75) is 18.6 Å². The summed E-state index contributed by atoms with van der Waals surface area (Å²) >= 11 is 1.12. The summed E-state index contributed by atoms with van der Waals surface area (Å²) in [5.74, 6) is 0.241. The summed E-state index contributed by atoms with van der Waals surface area (Å²) in [7, 11) is -5.40. The molecule has 0 aliphatic carbocycles. The minimum absolute atomic E-state index is 0.0475. The fourth-order valence-electron chi connectivity index (χ4n) is 1.98. The van der Waals surface area contributed by atoms with E-state index in [-0.39, 0.29) is 30.4 Å². The van der Waals surface area contributed by atoms with Gasteiger partial charge in [0.15, 0.2) is 10.7 Å². The van der Waals surface area contributed by atoms with E-state index < -0.39 is 22.1 Å². The first-order chi connectivity index (χ1) is 10.7. The minimum Gasteiger partial charge on any atom is -0.247 e. The van der Waals surface area contributed by atoms with Crippen molar-refractivity contribution in [2.75, 3.05) is 6.54 Å². The molecule has 8 nitrogen and oxygen atoms in total. The van der Waals surface area contributed by atoms with Crippen LogP contribution >= 0.6 is 11.3 Å². The van der Waals surface area contributed by atoms with Crippen molar-refractivity contribution >= 4 is 21.4 Å². The van der Waals surface area contributed by atoms with Crippen LogP contribution < -0.4 is 0 Å². The number of aromatic nitrogens is 4. The van der Waals surface area contributed by atoms with Crippen LogP contribution in [0.25, 0.3) is 10.8 Å². The number of nitriles is 1. The molecule has 0 saturated carbocycles. The maximum Gasteiger partial charge on any atom is 0.511 e. The molecule has 0 spiro atoms. The van der Waals surface area contributed by atoms with Gasteiger partial charge in [-0.25, -0.2) is 23.1 Å². The molecule has 0 aromatic carbocycles. The molecule has 3 heterocycles. The first-order valence-electron chi connectivity index (χ1n) is 6.08. The van der Waals surface area contributed by atoms with E-state index in [0.717, 1.165) is 11.3 Å². The molecule has 122 valence electrons. The Morgan fingerprint density at radius 3 is 2.65 bits per heavy atom. The Balaban J connectivity index is 1.90. The number of hydrogen-bond acceptors (Lipinski definition) is 7. The number of thiazole rings is 1. The number of nitrogens with zero attached hydrogens (tertiary/aromatic N) is 6. The average Bonchev–Trinajstić information content (AvgIpc) is 3.11. The first kappa shape index (κ1) is 15.8. The molecule has 13 heteroatoms. The van der Waals surface area contributed by atoms with Crippen LogP contribution in [-0.2, 0) is 23.1 Å². The maximum atomic E-state index is 12.6. The van der Waals surface area contributed by atoms with Crippen molar-refractivity contribution in [1.82, 2.24) is 24.1 Å². The third-order valence-electron chi connectivity index (χ3n) is 3.07. The Kier molecular flexibility index (Phi) is 3.62. The molecule has 2 aromatic heterocycles. The second-order valence-corrected chi connectivity index (χ2v) is 7.30. The molecule has 0 bridgehead atoms. The fourth-order valence-corrected chi connectivity index (χ4v) is 3.56. The number of fused-ring (bicyclic) bond motifs is 1. The van der Waals surface area contributed by atoms with E-state index in [4.69, 9.17) is 5.26 Å². The Labute approximate surface area is 131 Å². The van der Waals surface area contributed by atoms with Gasteiger partial charge in [0.05, 0.1) is 13.1 Å². The van der Waals surface area contributed by atoms with Gasteiger partial charge in [0, 0.05) is 11.9 Å². The first-order valence-corrected chi connectivity index (χ1v) is 8.40. The SMILES string of the molecule is N#Cc1csc(-c2nc3n(n2)CCN(S(=O)(=O)C(F)(F)F)C3)n1. The highest BCUT2D eigenvalue weighted by Crippen LogP contribution is 2.30. The summed E-state index contributed by atoms with van der Waals surface area (Å²) in [6.07, 6.45) is 0. The lowest BCUT2D eigenvalue weighted by Crippen LogP contribution is -2.44. The van der Waals surface area contributed by atoms with Gasteiger partial charge in [-0.3, -0.25) is 0 Å². The Morgan fingerprint density at radius 2 is 2.04 bits per heavy atom. The van der Waals surface area contributed by atoms with Gasteiger partial charge in [0.25, 0.3) is 0 Å². The lowest BCUT2D eigenvalue weighted by Gasteiger charge is -2.26. The summed E-state index contributed by atoms with van der Waals surface area (Å²) in [4.78, 5) is 7.99. The smallest absolute Gasteiger partial charge is 0.247 e. The summed E-state index contributed by atoms with van der Waals surface area (Å²) in [5.41, 5.74) is -5.17. The Morgan fingerprint density at radius 1 is 1.30 bits per heavy atom. The van der Waals surface area contributed by atoms with Crippen LogP contribution in [0.4, 0.5) is 13.2 Å². The molecule has 3 rings (SSSR count). The van der Waals surface area contributed by atoms with Crippen molar-refractivity contribution in [2.24, 2.45) is 0 Å². The number of halogens is 3. The normalized spacial score (nSPS) is 16.1. The van der Waals surface area contributed by atoms with Crippen molar-refractivity contribution in [3.8, 4) is 16.9 Å². The highest BCUT2D eigenvalue weighted by atomic mass is 32.2. The third kappa shape index (κ3) is 2.69. The molecular formula is C10H7F3N6O2S2. The van der Waals surface area contributed by atoms with Crippen molar-refractivity contribution in [1.29, 1.82) is 5.26 Å². The van der Waals surface area contributed by atoms with E-state index in [0.29, 0.717) is 9.31 Å². The monoisotopic (exact) mass is 364 g/mol. The van der Waals surface area contributed by atoms with Crippen molar-refractivity contribution in [3.63, 3.8) is 0 Å². The van der Waals surface area contributed by atoms with Crippen LogP contribution in [0.1, 0.15) is 11.5 Å². The van der Waals surface area contributed by atoms with Crippen molar-refractivity contribution < 1.29 is 21.6 Å². The predicted molar refractivity (Wildman–Crippen MR) is 71.2 cm³/mol. The Hall–Kier alpha value is -2.04. The van der Waals surface area contributed by atoms with E-state index in [1.807, 2.05) is 6.07 Å². The molecule has 2 aromatic rings. The third-order valence-corrected chi connectivity index (χ3v) is 5.48. The fraction of sp³-hybridized carbons (Fsp3) is 0.400. The number of sulfonamides is 1. The minimum atomic E-state index is -5.40. The molecule has 0 amide bonds. The summed E-state index contributed by atoms with van der Waals surface area (Å²) in [5, 5.41) is 14.7. The van der Waals surface area contributed by atoms with Crippen LogP contribution in [0.3, 0.4) is 0 Å². The molecule has 1 aliphatic heterocycles. The van der Waals surface area contributed by atoms with Crippen LogP contribution in [0.15, 0.2) is 5.38 Å². The molecule has 0 N–H and O–H groups in total. The topological polar surface area (TPSA) is 105 Å². The molecule has 1 aliphatic rings. The summed E-state index contributed by atoms with van der Waals surface area (Å²) in [6.45, 7) is -0.918. The molecule has 0 saturated heterocycles. The number of hydrogen-bond donors (Lipinski definition) is 0. The standard InChI is InChI=1S/C10H7F3N6O2S2/c11-10(12,13)23(20,21)18-1-2-19-7(4-18)16-8(17-19)9-15-6(3-14)5-22-9/h5H,1-2,4H2. The van der Waals surface area contributed by atoms with Crippen LogP contribution in [0, 0.1) is 11.3 Å². The molecule has 0 atom stereocenters. The number of alkyl halides is 3. The van der Waals surface area contributed by atoms with Gasteiger partial charge in [0.2, 0.25) is 5.82 Å². The van der Waals surface area contributed by atoms with Crippen LogP contribution in [0.2, 0.25) is 0 Å². The van der Waals surface area contributed by atoms with E-state index in [9.17, 15) is 21.6 Å². The molecular weight excluding hydrogens is 357 g/mol. The maximum absolute atomic E-state index is 12.6. The van der Waals surface area contributed by atoms with E-state index in [1.165, 1.54) is 10.1 Å². The van der Waals surface area contributed by atoms with Gasteiger partial charge in [-0.05, 0) is 0 Å². The second-order valence-electron chi connectivity index (χ2n) is 4.51. The van der Waals surface area contributed by atoms with Gasteiger partial charge in [-0.15, -0.1) is 16.4 Å². The molecule has 23 heavy (non-hydrogen) atoms. The zero-order chi connectivity index (χ0) is 16.8. The van der Waals surface area contributed by atoms with Gasteiger partial charge in [-0.2, -0.15) is 22.7 Å². The number of rotatable bonds is 2. The molecule has 0 unspecified atom stereocenters. The molecule has 0 radical (unpaired) electrons. The van der Waals surface area contributed by atoms with E-state index in [1.54, 1.807) is 0 Å².